The number of halogens is 2. The van der Waals surface area contributed by atoms with Crippen LogP contribution in [0.25, 0.3) is 0 Å². The summed E-state index contributed by atoms with van der Waals surface area (Å²) in [6.07, 6.45) is 3.84. The first-order valence-electron chi connectivity index (χ1n) is 5.95. The van der Waals surface area contributed by atoms with E-state index in [4.69, 9.17) is 0 Å². The van der Waals surface area contributed by atoms with Crippen LogP contribution in [-0.4, -0.2) is 23.2 Å². The zero-order chi connectivity index (χ0) is 13.2. The highest BCUT2D eigenvalue weighted by atomic mass is 127. The predicted molar refractivity (Wildman–Crippen MR) is 82.6 cm³/mol. The van der Waals surface area contributed by atoms with Gasteiger partial charge in [0.05, 0.1) is 17.7 Å². The van der Waals surface area contributed by atoms with Crippen molar-refractivity contribution in [2.24, 2.45) is 0 Å². The first-order valence-corrected chi connectivity index (χ1v) is 7.82. The molecule has 18 heavy (non-hydrogen) atoms. The fourth-order valence-corrected chi connectivity index (χ4v) is 3.27. The van der Waals surface area contributed by atoms with Gasteiger partial charge in [-0.05, 0) is 69.6 Å². The second kappa shape index (κ2) is 5.88. The van der Waals surface area contributed by atoms with E-state index < -0.39 is 5.54 Å². The van der Waals surface area contributed by atoms with Gasteiger partial charge in [-0.2, -0.15) is 0 Å². The maximum atomic E-state index is 12.3. The quantitative estimate of drug-likeness (QED) is 0.734. The molecule has 98 valence electrons. The topological polar surface area (TPSA) is 49.3 Å². The fourth-order valence-electron chi connectivity index (χ4n) is 2.35. The number of carbonyl (C=O) groups excluding carboxylic acids is 1. The van der Waals surface area contributed by atoms with Crippen molar-refractivity contribution in [3.8, 4) is 0 Å². The van der Waals surface area contributed by atoms with Crippen LogP contribution in [0.1, 0.15) is 36.0 Å². The molecule has 0 saturated heterocycles. The zero-order valence-electron chi connectivity index (χ0n) is 9.88. The van der Waals surface area contributed by atoms with E-state index in [1.165, 1.54) is 0 Å². The normalized spacial score (nSPS) is 17.7. The van der Waals surface area contributed by atoms with Crippen LogP contribution < -0.4 is 5.32 Å². The number of amides is 1. The summed E-state index contributed by atoms with van der Waals surface area (Å²) in [5.74, 6) is -0.114. The van der Waals surface area contributed by atoms with Crippen molar-refractivity contribution in [3.05, 3.63) is 31.8 Å². The van der Waals surface area contributed by atoms with Gasteiger partial charge in [-0.15, -0.1) is 0 Å². The Hall–Kier alpha value is -0.140. The van der Waals surface area contributed by atoms with Gasteiger partial charge in [0.2, 0.25) is 0 Å². The van der Waals surface area contributed by atoms with Crippen molar-refractivity contribution in [1.29, 1.82) is 0 Å². The van der Waals surface area contributed by atoms with Gasteiger partial charge in [0.25, 0.3) is 5.91 Å². The van der Waals surface area contributed by atoms with Crippen molar-refractivity contribution in [2.75, 3.05) is 6.61 Å². The molecule has 0 atom stereocenters. The second-order valence-electron chi connectivity index (χ2n) is 4.72. The molecular weight excluding hydrogens is 409 g/mol. The number of aliphatic hydroxyl groups excluding tert-OH is 1. The third kappa shape index (κ3) is 3.05. The van der Waals surface area contributed by atoms with Crippen LogP contribution in [0.2, 0.25) is 0 Å². The monoisotopic (exact) mass is 423 g/mol. The number of carbonyl (C=O) groups is 1. The second-order valence-corrected chi connectivity index (χ2v) is 6.82. The molecule has 2 N–H and O–H groups in total. The highest BCUT2D eigenvalue weighted by Crippen LogP contribution is 2.30. The lowest BCUT2D eigenvalue weighted by Crippen LogP contribution is -2.49. The van der Waals surface area contributed by atoms with E-state index in [9.17, 15) is 9.90 Å². The maximum absolute atomic E-state index is 12.3. The summed E-state index contributed by atoms with van der Waals surface area (Å²) in [4.78, 5) is 12.3. The number of rotatable bonds is 3. The molecule has 3 nitrogen and oxygen atoms in total. The van der Waals surface area contributed by atoms with Gasteiger partial charge in [-0.25, -0.2) is 0 Å². The summed E-state index contributed by atoms with van der Waals surface area (Å²) < 4.78 is 1.80. The summed E-state index contributed by atoms with van der Waals surface area (Å²) in [6, 6.07) is 5.66. The summed E-state index contributed by atoms with van der Waals surface area (Å²) in [5, 5.41) is 12.5. The Morgan fingerprint density at radius 3 is 2.72 bits per heavy atom. The minimum absolute atomic E-state index is 0.0142. The molecule has 0 heterocycles. The molecule has 1 aromatic rings. The van der Waals surface area contributed by atoms with Gasteiger partial charge in [0.15, 0.2) is 0 Å². The average molecular weight is 424 g/mol. The Bertz CT molecular complexity index is 458. The molecule has 0 spiro atoms. The first-order chi connectivity index (χ1) is 8.56. The number of nitrogens with one attached hydrogen (secondary N) is 1. The van der Waals surface area contributed by atoms with Crippen LogP contribution >= 0.6 is 38.5 Å². The molecule has 0 radical (unpaired) electrons. The van der Waals surface area contributed by atoms with E-state index in [1.54, 1.807) is 0 Å². The van der Waals surface area contributed by atoms with Crippen LogP contribution in [-0.2, 0) is 0 Å². The molecule has 1 aliphatic rings. The lowest BCUT2D eigenvalue weighted by molar-refractivity contribution is 0.0837. The highest BCUT2D eigenvalue weighted by molar-refractivity contribution is 14.1. The maximum Gasteiger partial charge on any atom is 0.252 e. The summed E-state index contributed by atoms with van der Waals surface area (Å²) in [6.45, 7) is 0.0142. The van der Waals surface area contributed by atoms with E-state index in [0.29, 0.717) is 5.56 Å². The molecular formula is C13H15BrINO2. The van der Waals surface area contributed by atoms with Crippen LogP contribution in [0.3, 0.4) is 0 Å². The highest BCUT2D eigenvalue weighted by Gasteiger charge is 2.35. The smallest absolute Gasteiger partial charge is 0.252 e. The first kappa shape index (κ1) is 14.3. The van der Waals surface area contributed by atoms with Crippen molar-refractivity contribution >= 4 is 44.4 Å². The molecule has 0 aromatic heterocycles. The molecule has 1 saturated carbocycles. The van der Waals surface area contributed by atoms with Crippen LogP contribution in [0.15, 0.2) is 22.7 Å². The molecule has 0 bridgehead atoms. The molecule has 5 heteroatoms. The number of hydrogen-bond donors (Lipinski definition) is 2. The molecule has 2 rings (SSSR count). The van der Waals surface area contributed by atoms with Crippen molar-refractivity contribution in [3.63, 3.8) is 0 Å². The SMILES string of the molecule is O=C(NC1(CO)CCCC1)c1cc(I)ccc1Br. The van der Waals surface area contributed by atoms with Crippen LogP contribution in [0.5, 0.6) is 0 Å². The van der Waals surface area contributed by atoms with Gasteiger partial charge < -0.3 is 10.4 Å². The zero-order valence-corrected chi connectivity index (χ0v) is 13.6. The van der Waals surface area contributed by atoms with Gasteiger partial charge in [0, 0.05) is 8.04 Å². The van der Waals surface area contributed by atoms with Crippen molar-refractivity contribution in [1.82, 2.24) is 5.32 Å². The van der Waals surface area contributed by atoms with Crippen molar-refractivity contribution in [2.45, 2.75) is 31.2 Å². The molecule has 1 aliphatic carbocycles. The minimum Gasteiger partial charge on any atom is -0.394 e. The number of aliphatic hydroxyl groups is 1. The Morgan fingerprint density at radius 1 is 1.44 bits per heavy atom. The standard InChI is InChI=1S/C13H15BrINO2/c14-11-4-3-9(15)7-10(11)12(18)16-13(8-17)5-1-2-6-13/h3-4,7,17H,1-2,5-6,8H2,(H,16,18). The Kier molecular flexibility index (Phi) is 4.66. The van der Waals surface area contributed by atoms with Crippen molar-refractivity contribution < 1.29 is 9.90 Å². The molecule has 1 aromatic carbocycles. The van der Waals surface area contributed by atoms with E-state index >= 15 is 0 Å². The Morgan fingerprint density at radius 2 is 2.11 bits per heavy atom. The largest absolute Gasteiger partial charge is 0.394 e. The number of hydrogen-bond acceptors (Lipinski definition) is 2. The lowest BCUT2D eigenvalue weighted by atomic mass is 9.98. The third-order valence-electron chi connectivity index (χ3n) is 3.42. The predicted octanol–water partition coefficient (Wildman–Crippen LogP) is 3.09. The minimum atomic E-state index is -0.419. The summed E-state index contributed by atoms with van der Waals surface area (Å²) in [7, 11) is 0. The Balaban J connectivity index is 2.18. The summed E-state index contributed by atoms with van der Waals surface area (Å²) >= 11 is 5.58. The van der Waals surface area contributed by atoms with E-state index in [1.807, 2.05) is 18.2 Å². The fraction of sp³-hybridized carbons (Fsp3) is 0.462. The number of benzene rings is 1. The van der Waals surface area contributed by atoms with E-state index in [0.717, 1.165) is 33.7 Å². The van der Waals surface area contributed by atoms with Gasteiger partial charge in [-0.3, -0.25) is 4.79 Å². The molecule has 1 fully saturated rings. The Labute approximate surface area is 129 Å². The van der Waals surface area contributed by atoms with E-state index in [2.05, 4.69) is 43.8 Å². The molecule has 1 amide bonds. The molecule has 0 unspecified atom stereocenters. The third-order valence-corrected chi connectivity index (χ3v) is 4.78. The van der Waals surface area contributed by atoms with Gasteiger partial charge >= 0.3 is 0 Å². The van der Waals surface area contributed by atoms with Crippen LogP contribution in [0.4, 0.5) is 0 Å². The van der Waals surface area contributed by atoms with Gasteiger partial charge in [0.1, 0.15) is 0 Å². The van der Waals surface area contributed by atoms with Crippen LogP contribution in [0, 0.1) is 3.57 Å². The lowest BCUT2D eigenvalue weighted by Gasteiger charge is -2.28. The van der Waals surface area contributed by atoms with Gasteiger partial charge in [-0.1, -0.05) is 12.8 Å². The summed E-state index contributed by atoms with van der Waals surface area (Å²) in [5.41, 5.74) is 0.208. The average Bonchev–Trinajstić information content (AvgIpc) is 2.81. The molecule has 0 aliphatic heterocycles. The van der Waals surface area contributed by atoms with E-state index in [-0.39, 0.29) is 12.5 Å².